The number of carboxylic acid groups (broad SMARTS) is 1. The molecular weight excluding hydrogens is 428 g/mol. The summed E-state index contributed by atoms with van der Waals surface area (Å²) in [5.41, 5.74) is 7.40. The highest BCUT2D eigenvalue weighted by Gasteiger charge is 2.19. The lowest BCUT2D eigenvalue weighted by Crippen LogP contribution is -2.34. The summed E-state index contributed by atoms with van der Waals surface area (Å²) in [5, 5.41) is 17.7. The van der Waals surface area contributed by atoms with Crippen LogP contribution < -0.4 is 16.3 Å². The van der Waals surface area contributed by atoms with Gasteiger partial charge in [-0.3, -0.25) is 4.79 Å². The standard InChI is InChI=1S/C21H32N6O3.CH2O2/c1-4-12-26(2)21(28)29-14-18(27(3)24)20(23)16-10-11-19(17(13-22)25-16)30-15-8-6-5-7-9-15;2-1-3/h10-11,15H,4-9,12,14,23-24H2,1-3H3;1H,(H,2,3)/b20-18-;. The maximum absolute atomic E-state index is 12.1. The molecule has 0 spiro atoms. The summed E-state index contributed by atoms with van der Waals surface area (Å²) in [6, 6.07) is 5.47. The van der Waals surface area contributed by atoms with Crippen LogP contribution in [0.5, 0.6) is 5.75 Å². The van der Waals surface area contributed by atoms with Gasteiger partial charge in [-0.05, 0) is 44.2 Å². The Bertz CT molecular complexity index is 846. The zero-order valence-corrected chi connectivity index (χ0v) is 19.5. The molecule has 11 nitrogen and oxygen atoms in total. The van der Waals surface area contributed by atoms with E-state index in [4.69, 9.17) is 31.0 Å². The summed E-state index contributed by atoms with van der Waals surface area (Å²) >= 11 is 0. The highest BCUT2D eigenvalue weighted by molar-refractivity contribution is 5.68. The number of nitrogens with two attached hydrogens (primary N) is 2. The first kappa shape index (κ1) is 27.5. The van der Waals surface area contributed by atoms with Crippen LogP contribution in [0.3, 0.4) is 0 Å². The summed E-state index contributed by atoms with van der Waals surface area (Å²) in [5.74, 6) is 6.35. The monoisotopic (exact) mass is 462 g/mol. The number of carbonyl (C=O) groups excluding carboxylic acids is 1. The van der Waals surface area contributed by atoms with E-state index in [0.29, 0.717) is 23.7 Å². The minimum atomic E-state index is -0.467. The molecule has 0 radical (unpaired) electrons. The molecule has 2 rings (SSSR count). The molecule has 0 atom stereocenters. The van der Waals surface area contributed by atoms with Crippen LogP contribution in [0, 0.1) is 11.3 Å². The molecular formula is C22H34N6O5. The maximum atomic E-state index is 12.1. The predicted molar refractivity (Wildman–Crippen MR) is 122 cm³/mol. The first-order chi connectivity index (χ1) is 15.8. The molecule has 1 saturated carbocycles. The number of ether oxygens (including phenoxy) is 2. The average Bonchev–Trinajstić information content (AvgIpc) is 2.80. The van der Waals surface area contributed by atoms with Crippen LogP contribution in [0.25, 0.3) is 5.70 Å². The molecule has 33 heavy (non-hydrogen) atoms. The van der Waals surface area contributed by atoms with E-state index < -0.39 is 6.09 Å². The molecule has 5 N–H and O–H groups in total. The van der Waals surface area contributed by atoms with Crippen molar-refractivity contribution in [1.82, 2.24) is 14.9 Å². The van der Waals surface area contributed by atoms with E-state index in [1.165, 1.54) is 16.3 Å². The number of amides is 1. The van der Waals surface area contributed by atoms with Gasteiger partial charge in [0.25, 0.3) is 6.47 Å². The lowest BCUT2D eigenvalue weighted by Gasteiger charge is -2.24. The summed E-state index contributed by atoms with van der Waals surface area (Å²) in [7, 11) is 3.26. The molecule has 1 fully saturated rings. The van der Waals surface area contributed by atoms with Crippen LogP contribution in [-0.2, 0) is 9.53 Å². The van der Waals surface area contributed by atoms with Crippen molar-refractivity contribution in [3.8, 4) is 11.8 Å². The molecule has 11 heteroatoms. The van der Waals surface area contributed by atoms with Gasteiger partial charge in [0.2, 0.25) is 0 Å². The van der Waals surface area contributed by atoms with Crippen molar-refractivity contribution in [1.29, 1.82) is 5.26 Å². The highest BCUT2D eigenvalue weighted by Crippen LogP contribution is 2.26. The highest BCUT2D eigenvalue weighted by atomic mass is 16.6. The molecule has 0 aromatic carbocycles. The smallest absolute Gasteiger partial charge is 0.409 e. The quantitative estimate of drug-likeness (QED) is 0.296. The number of rotatable bonds is 8. The third kappa shape index (κ3) is 8.86. The van der Waals surface area contributed by atoms with E-state index >= 15 is 0 Å². The number of pyridine rings is 1. The Morgan fingerprint density at radius 3 is 2.52 bits per heavy atom. The SMILES string of the molecule is CCCN(C)C(=O)OC/C(=C(/N)c1ccc(OC2CCCCC2)c(C#N)n1)N(C)N.O=CO. The van der Waals surface area contributed by atoms with Gasteiger partial charge in [-0.1, -0.05) is 13.3 Å². The van der Waals surface area contributed by atoms with Gasteiger partial charge in [0, 0.05) is 20.6 Å². The molecule has 1 aliphatic carbocycles. The third-order valence-electron chi connectivity index (χ3n) is 5.03. The van der Waals surface area contributed by atoms with E-state index in [1.54, 1.807) is 26.2 Å². The normalized spacial score (nSPS) is 14.0. The Morgan fingerprint density at radius 2 is 1.97 bits per heavy atom. The van der Waals surface area contributed by atoms with Gasteiger partial charge in [-0.2, -0.15) is 5.26 Å². The summed E-state index contributed by atoms with van der Waals surface area (Å²) in [6.07, 6.45) is 5.91. The lowest BCUT2D eigenvalue weighted by atomic mass is 9.98. The Hall–Kier alpha value is -3.52. The number of hydrogen-bond donors (Lipinski definition) is 3. The Balaban J connectivity index is 0.00000172. The van der Waals surface area contributed by atoms with E-state index in [2.05, 4.69) is 11.1 Å². The molecule has 0 bridgehead atoms. The summed E-state index contributed by atoms with van der Waals surface area (Å²) < 4.78 is 11.3. The van der Waals surface area contributed by atoms with Crippen molar-refractivity contribution in [3.05, 3.63) is 29.2 Å². The van der Waals surface area contributed by atoms with Crippen LogP contribution in [0.2, 0.25) is 0 Å². The van der Waals surface area contributed by atoms with E-state index in [-0.39, 0.29) is 30.6 Å². The number of aromatic nitrogens is 1. The van der Waals surface area contributed by atoms with Crippen molar-refractivity contribution in [2.24, 2.45) is 11.6 Å². The van der Waals surface area contributed by atoms with Crippen molar-refractivity contribution in [2.75, 3.05) is 27.2 Å². The largest absolute Gasteiger partial charge is 0.487 e. The lowest BCUT2D eigenvalue weighted by molar-refractivity contribution is -0.122. The number of carbonyl (C=O) groups is 2. The Morgan fingerprint density at radius 1 is 1.33 bits per heavy atom. The minimum Gasteiger partial charge on any atom is -0.487 e. The van der Waals surface area contributed by atoms with Gasteiger partial charge in [0.05, 0.1) is 23.2 Å². The molecule has 1 heterocycles. The Labute approximate surface area is 194 Å². The number of hydrazine groups is 1. The minimum absolute atomic E-state index is 0.108. The molecule has 1 aromatic heterocycles. The van der Waals surface area contributed by atoms with Gasteiger partial charge in [-0.15, -0.1) is 0 Å². The molecule has 1 aliphatic rings. The number of nitrogens with zero attached hydrogens (tertiary/aromatic N) is 4. The van der Waals surface area contributed by atoms with Crippen LogP contribution in [0.15, 0.2) is 17.8 Å². The fraction of sp³-hybridized carbons (Fsp3) is 0.545. The maximum Gasteiger partial charge on any atom is 0.409 e. The average molecular weight is 463 g/mol. The van der Waals surface area contributed by atoms with Crippen molar-refractivity contribution >= 4 is 18.3 Å². The van der Waals surface area contributed by atoms with Gasteiger partial charge < -0.3 is 30.2 Å². The molecule has 1 amide bonds. The predicted octanol–water partition coefficient (Wildman–Crippen LogP) is 2.28. The zero-order valence-electron chi connectivity index (χ0n) is 19.5. The Kier molecular flexibility index (Phi) is 12.1. The first-order valence-corrected chi connectivity index (χ1v) is 10.8. The second-order valence-corrected chi connectivity index (χ2v) is 7.59. The van der Waals surface area contributed by atoms with Crippen LogP contribution in [0.1, 0.15) is 56.8 Å². The molecule has 182 valence electrons. The van der Waals surface area contributed by atoms with Gasteiger partial charge in [-0.25, -0.2) is 15.6 Å². The number of likely N-dealkylation sites (N-methyl/N-ethyl adjacent to an activating group) is 1. The topological polar surface area (TPSA) is 168 Å². The molecule has 0 aliphatic heterocycles. The van der Waals surface area contributed by atoms with Gasteiger partial charge in [0.15, 0.2) is 11.4 Å². The van der Waals surface area contributed by atoms with Crippen LogP contribution in [0.4, 0.5) is 4.79 Å². The zero-order chi connectivity index (χ0) is 24.8. The van der Waals surface area contributed by atoms with Gasteiger partial charge >= 0.3 is 6.09 Å². The summed E-state index contributed by atoms with van der Waals surface area (Å²) in [6.45, 7) is 2.19. The fourth-order valence-corrected chi connectivity index (χ4v) is 3.32. The van der Waals surface area contributed by atoms with Crippen molar-refractivity contribution in [2.45, 2.75) is 51.6 Å². The number of hydrogen-bond acceptors (Lipinski definition) is 9. The van der Waals surface area contributed by atoms with E-state index in [1.807, 2.05) is 6.92 Å². The summed E-state index contributed by atoms with van der Waals surface area (Å²) in [4.78, 5) is 26.2. The second kappa shape index (κ2) is 14.5. The van der Waals surface area contributed by atoms with E-state index in [9.17, 15) is 10.1 Å². The molecule has 0 saturated heterocycles. The molecule has 0 unspecified atom stereocenters. The first-order valence-electron chi connectivity index (χ1n) is 10.8. The number of nitriles is 1. The molecule has 1 aromatic rings. The van der Waals surface area contributed by atoms with Crippen molar-refractivity contribution in [3.63, 3.8) is 0 Å². The van der Waals surface area contributed by atoms with Crippen LogP contribution in [-0.4, -0.2) is 65.9 Å². The third-order valence-corrected chi connectivity index (χ3v) is 5.03. The second-order valence-electron chi connectivity index (χ2n) is 7.59. The van der Waals surface area contributed by atoms with E-state index in [0.717, 1.165) is 32.1 Å². The van der Waals surface area contributed by atoms with Crippen molar-refractivity contribution < 1.29 is 24.2 Å². The van der Waals surface area contributed by atoms with Crippen LogP contribution >= 0.6 is 0 Å². The fourth-order valence-electron chi connectivity index (χ4n) is 3.32. The van der Waals surface area contributed by atoms with Gasteiger partial charge in [0.1, 0.15) is 12.7 Å².